The molecule has 3 amide bonds. The summed E-state index contributed by atoms with van der Waals surface area (Å²) in [5.74, 6) is -1.66. The van der Waals surface area contributed by atoms with Gasteiger partial charge in [0.25, 0.3) is 17.7 Å². The van der Waals surface area contributed by atoms with E-state index in [1.165, 1.54) is 17.0 Å². The van der Waals surface area contributed by atoms with Crippen LogP contribution in [0.4, 0.5) is 0 Å². The summed E-state index contributed by atoms with van der Waals surface area (Å²) in [4.78, 5) is 42.1. The molecular weight excluding hydrogens is 510 g/mol. The lowest BCUT2D eigenvalue weighted by atomic mass is 10.2. The molecule has 1 atom stereocenters. The Kier molecular flexibility index (Phi) is 7.54. The van der Waals surface area contributed by atoms with Gasteiger partial charge in [0.2, 0.25) is 15.2 Å². The minimum atomic E-state index is -4.23. The topological polar surface area (TPSA) is 104 Å². The van der Waals surface area contributed by atoms with E-state index in [2.05, 4.69) is 5.32 Å². The lowest BCUT2D eigenvalue weighted by Crippen LogP contribution is -2.57. The number of sulfone groups is 1. The number of halogens is 1. The predicted molar refractivity (Wildman–Crippen MR) is 133 cm³/mol. The number of hydrogen-bond donors (Lipinski definition) is 1. The molecule has 182 valence electrons. The van der Waals surface area contributed by atoms with Crippen LogP contribution in [-0.4, -0.2) is 67.5 Å². The fourth-order valence-electron chi connectivity index (χ4n) is 3.72. The average molecular weight is 532 g/mol. The second kappa shape index (κ2) is 10.6. The zero-order chi connectivity index (χ0) is 25.0. The van der Waals surface area contributed by atoms with Gasteiger partial charge in [0.15, 0.2) is 0 Å². The molecule has 0 unspecified atom stereocenters. The van der Waals surface area contributed by atoms with Crippen molar-refractivity contribution in [1.29, 1.82) is 0 Å². The minimum absolute atomic E-state index is 0.0719. The molecule has 0 bridgehead atoms. The molecule has 11 heteroatoms. The third-order valence-corrected chi connectivity index (χ3v) is 8.66. The Morgan fingerprint density at radius 1 is 0.857 bits per heavy atom. The lowest BCUT2D eigenvalue weighted by Gasteiger charge is -2.36. The minimum Gasteiger partial charge on any atom is -0.336 e. The van der Waals surface area contributed by atoms with Gasteiger partial charge in [0, 0.05) is 26.2 Å². The Labute approximate surface area is 212 Å². The fourth-order valence-corrected chi connectivity index (χ4v) is 6.05. The van der Waals surface area contributed by atoms with E-state index in [-0.39, 0.29) is 37.0 Å². The highest BCUT2D eigenvalue weighted by molar-refractivity contribution is 7.92. The maximum absolute atomic E-state index is 13.4. The summed E-state index contributed by atoms with van der Waals surface area (Å²) >= 11 is 7.28. The molecule has 1 saturated heterocycles. The number of hydrogen-bond acceptors (Lipinski definition) is 6. The van der Waals surface area contributed by atoms with Crippen LogP contribution in [-0.2, 0) is 14.6 Å². The van der Waals surface area contributed by atoms with Crippen molar-refractivity contribution in [3.05, 3.63) is 87.6 Å². The number of carbonyl (C=O) groups excluding carboxylic acids is 3. The van der Waals surface area contributed by atoms with E-state index in [1.807, 2.05) is 0 Å². The lowest BCUT2D eigenvalue weighted by molar-refractivity contribution is -0.132. The standard InChI is InChI=1S/C24H22ClN3O5S2/c25-19-10-5-4-9-18(19)23(30)27-12-14-28(15-13-27)24(31)22(26-21(29)20-11-6-16-34-20)35(32,33)17-7-2-1-3-8-17/h1-11,16,22H,12-15H2,(H,26,29)/t22-/m0/s1. The van der Waals surface area contributed by atoms with Crippen molar-refractivity contribution in [3.63, 3.8) is 0 Å². The van der Waals surface area contributed by atoms with Crippen LogP contribution in [0.15, 0.2) is 77.0 Å². The maximum atomic E-state index is 13.4. The van der Waals surface area contributed by atoms with Crippen LogP contribution < -0.4 is 5.32 Å². The monoisotopic (exact) mass is 531 g/mol. The molecule has 1 fully saturated rings. The van der Waals surface area contributed by atoms with Gasteiger partial charge in [0.05, 0.1) is 20.4 Å². The van der Waals surface area contributed by atoms with E-state index in [4.69, 9.17) is 11.6 Å². The van der Waals surface area contributed by atoms with E-state index >= 15 is 0 Å². The first kappa shape index (κ1) is 24.9. The zero-order valence-electron chi connectivity index (χ0n) is 18.5. The number of rotatable bonds is 6. The molecule has 1 aromatic heterocycles. The summed E-state index contributed by atoms with van der Waals surface area (Å²) in [5.41, 5.74) is 0.363. The van der Waals surface area contributed by atoms with Gasteiger partial charge in [-0.1, -0.05) is 48.0 Å². The molecule has 8 nitrogen and oxygen atoms in total. The van der Waals surface area contributed by atoms with E-state index in [0.29, 0.717) is 15.5 Å². The number of nitrogens with one attached hydrogen (secondary N) is 1. The van der Waals surface area contributed by atoms with E-state index in [0.717, 1.165) is 11.3 Å². The third kappa shape index (κ3) is 5.39. The first-order valence-corrected chi connectivity index (χ1v) is 13.6. The first-order valence-electron chi connectivity index (χ1n) is 10.7. The molecule has 2 aromatic carbocycles. The summed E-state index contributed by atoms with van der Waals surface area (Å²) in [6, 6.07) is 17.4. The van der Waals surface area contributed by atoms with Gasteiger partial charge in [-0.2, -0.15) is 0 Å². The molecule has 0 radical (unpaired) electrons. The molecule has 0 spiro atoms. The van der Waals surface area contributed by atoms with Gasteiger partial charge < -0.3 is 15.1 Å². The predicted octanol–water partition coefficient (Wildman–Crippen LogP) is 2.92. The highest BCUT2D eigenvalue weighted by atomic mass is 35.5. The van der Waals surface area contributed by atoms with E-state index in [9.17, 15) is 22.8 Å². The summed E-state index contributed by atoms with van der Waals surface area (Å²) in [7, 11) is -4.23. The van der Waals surface area contributed by atoms with Gasteiger partial charge in [-0.05, 0) is 35.7 Å². The number of thiophene rings is 1. The number of nitrogens with zero attached hydrogens (tertiary/aromatic N) is 2. The molecule has 0 saturated carbocycles. The van der Waals surface area contributed by atoms with E-state index < -0.39 is 27.0 Å². The van der Waals surface area contributed by atoms with Gasteiger partial charge in [-0.15, -0.1) is 11.3 Å². The third-order valence-electron chi connectivity index (χ3n) is 5.60. The van der Waals surface area contributed by atoms with Gasteiger partial charge in [0.1, 0.15) is 0 Å². The normalized spacial score (nSPS) is 14.9. The Morgan fingerprint density at radius 3 is 2.11 bits per heavy atom. The Balaban J connectivity index is 1.53. The number of amides is 3. The molecule has 1 aliphatic rings. The van der Waals surface area contributed by atoms with Crippen molar-refractivity contribution in [2.45, 2.75) is 10.3 Å². The largest absolute Gasteiger partial charge is 0.336 e. The van der Waals surface area contributed by atoms with Crippen LogP contribution in [0.1, 0.15) is 20.0 Å². The fraction of sp³-hybridized carbons (Fsp3) is 0.208. The Bertz CT molecular complexity index is 1320. The number of carbonyl (C=O) groups is 3. The van der Waals surface area contributed by atoms with Crippen LogP contribution >= 0.6 is 22.9 Å². The van der Waals surface area contributed by atoms with E-state index in [1.54, 1.807) is 64.9 Å². The SMILES string of the molecule is O=C(N[C@H](C(=O)N1CCN(C(=O)c2ccccc2Cl)CC1)S(=O)(=O)c1ccccc1)c1cccs1. The van der Waals surface area contributed by atoms with Crippen molar-refractivity contribution in [3.8, 4) is 0 Å². The molecule has 2 heterocycles. The second-order valence-corrected chi connectivity index (χ2v) is 11.2. The quantitative estimate of drug-likeness (QED) is 0.527. The number of benzene rings is 2. The van der Waals surface area contributed by atoms with Crippen molar-refractivity contribution in [1.82, 2.24) is 15.1 Å². The van der Waals surface area contributed by atoms with Crippen molar-refractivity contribution < 1.29 is 22.8 Å². The highest BCUT2D eigenvalue weighted by Gasteiger charge is 2.39. The Morgan fingerprint density at radius 2 is 1.49 bits per heavy atom. The molecular formula is C24H22ClN3O5S2. The Hall–Kier alpha value is -3.21. The first-order chi connectivity index (χ1) is 16.8. The van der Waals surface area contributed by atoms with Gasteiger partial charge in [-0.25, -0.2) is 8.42 Å². The smallest absolute Gasteiger partial charge is 0.262 e. The average Bonchev–Trinajstić information content (AvgIpc) is 3.42. The van der Waals surface area contributed by atoms with Crippen LogP contribution in [0.3, 0.4) is 0 Å². The molecule has 1 N–H and O–H groups in total. The van der Waals surface area contributed by atoms with Crippen molar-refractivity contribution in [2.75, 3.05) is 26.2 Å². The molecule has 4 rings (SSSR count). The molecule has 0 aliphatic carbocycles. The maximum Gasteiger partial charge on any atom is 0.262 e. The summed E-state index contributed by atoms with van der Waals surface area (Å²) < 4.78 is 26.8. The van der Waals surface area contributed by atoms with Gasteiger partial charge >= 0.3 is 0 Å². The number of piperazine rings is 1. The summed E-state index contributed by atoms with van der Waals surface area (Å²) in [6.07, 6.45) is 0. The van der Waals surface area contributed by atoms with Gasteiger partial charge in [-0.3, -0.25) is 14.4 Å². The summed E-state index contributed by atoms with van der Waals surface area (Å²) in [5, 5.41) is 2.64. The highest BCUT2D eigenvalue weighted by Crippen LogP contribution is 2.21. The van der Waals surface area contributed by atoms with Crippen LogP contribution in [0.25, 0.3) is 0 Å². The zero-order valence-corrected chi connectivity index (χ0v) is 20.9. The molecule has 3 aromatic rings. The van der Waals surface area contributed by atoms with Crippen LogP contribution in [0.2, 0.25) is 5.02 Å². The molecule has 35 heavy (non-hydrogen) atoms. The van der Waals surface area contributed by atoms with Crippen molar-refractivity contribution >= 4 is 50.5 Å². The van der Waals surface area contributed by atoms with Crippen LogP contribution in [0, 0.1) is 0 Å². The van der Waals surface area contributed by atoms with Crippen LogP contribution in [0.5, 0.6) is 0 Å². The van der Waals surface area contributed by atoms with Crippen molar-refractivity contribution in [2.24, 2.45) is 0 Å². The molecule has 1 aliphatic heterocycles. The summed E-state index contributed by atoms with van der Waals surface area (Å²) in [6.45, 7) is 0.634. The second-order valence-electron chi connectivity index (χ2n) is 7.79.